The molecule has 0 bridgehead atoms. The molecule has 2 amide bonds. The molecule has 2 heterocycles. The molecular weight excluding hydrogens is 330 g/mol. The second-order valence-corrected chi connectivity index (χ2v) is 6.60. The summed E-state index contributed by atoms with van der Waals surface area (Å²) >= 11 is 0. The normalized spacial score (nSPS) is 17.6. The number of furan rings is 1. The fraction of sp³-hybridized carbons (Fsp3) is 0.400. The topological polar surface area (TPSA) is 74.6 Å². The van der Waals surface area contributed by atoms with Gasteiger partial charge in [-0.15, -0.1) is 0 Å². The Balaban J connectivity index is 1.44. The zero-order chi connectivity index (χ0) is 18.2. The van der Waals surface area contributed by atoms with E-state index in [2.05, 4.69) is 39.8 Å². The molecule has 1 aliphatic heterocycles. The lowest BCUT2D eigenvalue weighted by Crippen LogP contribution is -2.47. The molecule has 1 aromatic carbocycles. The van der Waals surface area contributed by atoms with Crippen LogP contribution in [0.4, 0.5) is 0 Å². The molecule has 0 radical (unpaired) electrons. The Labute approximate surface area is 153 Å². The Kier molecular flexibility index (Phi) is 6.44. The zero-order valence-corrected chi connectivity index (χ0v) is 14.8. The number of hydrogen-bond donors (Lipinski definition) is 2. The van der Waals surface area contributed by atoms with Crippen LogP contribution in [0, 0.1) is 0 Å². The predicted molar refractivity (Wildman–Crippen MR) is 98.5 cm³/mol. The second kappa shape index (κ2) is 9.20. The molecule has 0 unspecified atom stereocenters. The average molecular weight is 355 g/mol. The first-order chi connectivity index (χ1) is 12.7. The molecule has 0 saturated carbocycles. The largest absolute Gasteiger partial charge is 0.472 e. The van der Waals surface area contributed by atoms with Gasteiger partial charge in [0.2, 0.25) is 5.91 Å². The molecule has 6 heteroatoms. The molecule has 2 aromatic rings. The summed E-state index contributed by atoms with van der Waals surface area (Å²) in [5, 5.41) is 5.55. The summed E-state index contributed by atoms with van der Waals surface area (Å²) < 4.78 is 4.86. The number of rotatable bonds is 7. The molecule has 1 saturated heterocycles. The Hall–Kier alpha value is -2.60. The number of likely N-dealkylation sites (tertiary alicyclic amines) is 1. The van der Waals surface area contributed by atoms with Gasteiger partial charge in [-0.1, -0.05) is 36.8 Å². The van der Waals surface area contributed by atoms with Crippen molar-refractivity contribution in [3.05, 3.63) is 60.1 Å². The summed E-state index contributed by atoms with van der Waals surface area (Å²) in [6.07, 6.45) is 6.24. The van der Waals surface area contributed by atoms with Crippen LogP contribution in [0.25, 0.3) is 0 Å². The number of nitrogens with one attached hydrogen (secondary N) is 2. The van der Waals surface area contributed by atoms with Gasteiger partial charge >= 0.3 is 0 Å². The zero-order valence-electron chi connectivity index (χ0n) is 14.8. The molecule has 3 rings (SSSR count). The van der Waals surface area contributed by atoms with Gasteiger partial charge in [-0.2, -0.15) is 0 Å². The number of piperidine rings is 1. The van der Waals surface area contributed by atoms with Crippen molar-refractivity contribution in [2.45, 2.75) is 31.8 Å². The number of carbonyl (C=O) groups is 2. The average Bonchev–Trinajstić information content (AvgIpc) is 3.21. The smallest absolute Gasteiger partial charge is 0.254 e. The minimum Gasteiger partial charge on any atom is -0.472 e. The maximum absolute atomic E-state index is 12.1. The van der Waals surface area contributed by atoms with Gasteiger partial charge in [0.25, 0.3) is 5.91 Å². The van der Waals surface area contributed by atoms with Crippen LogP contribution in [0.1, 0.15) is 35.2 Å². The Morgan fingerprint density at radius 1 is 1.12 bits per heavy atom. The van der Waals surface area contributed by atoms with Gasteiger partial charge in [0.05, 0.1) is 18.4 Å². The van der Waals surface area contributed by atoms with Gasteiger partial charge in [-0.05, 0) is 31.0 Å². The standard InChI is InChI=1S/C20H25N3O3/c24-19(13-22-20(25)17-9-11-26-15-17)21-12-18-8-4-5-10-23(18)14-16-6-2-1-3-7-16/h1-3,6-7,9,11,15,18H,4-5,8,10,12-14H2,(H,21,24)(H,22,25)/t18-/m1/s1. The van der Waals surface area contributed by atoms with E-state index in [0.717, 1.165) is 19.5 Å². The molecule has 6 nitrogen and oxygen atoms in total. The quantitative estimate of drug-likeness (QED) is 0.798. The van der Waals surface area contributed by atoms with Crippen molar-refractivity contribution in [1.29, 1.82) is 0 Å². The first-order valence-corrected chi connectivity index (χ1v) is 9.07. The number of amides is 2. The van der Waals surface area contributed by atoms with Crippen molar-refractivity contribution < 1.29 is 14.0 Å². The van der Waals surface area contributed by atoms with E-state index in [1.165, 1.54) is 30.9 Å². The summed E-state index contributed by atoms with van der Waals surface area (Å²) in [4.78, 5) is 26.3. The highest BCUT2D eigenvalue weighted by atomic mass is 16.3. The van der Waals surface area contributed by atoms with Crippen LogP contribution >= 0.6 is 0 Å². The number of nitrogens with zero attached hydrogens (tertiary/aromatic N) is 1. The second-order valence-electron chi connectivity index (χ2n) is 6.60. The SMILES string of the molecule is O=C(CNC(=O)c1ccoc1)NC[C@H]1CCCCN1Cc1ccccc1. The van der Waals surface area contributed by atoms with Gasteiger partial charge < -0.3 is 15.1 Å². The molecule has 1 aliphatic rings. The monoisotopic (exact) mass is 355 g/mol. The summed E-state index contributed by atoms with van der Waals surface area (Å²) in [5.74, 6) is -0.482. The van der Waals surface area contributed by atoms with E-state index in [0.29, 0.717) is 18.2 Å². The van der Waals surface area contributed by atoms with E-state index in [1.807, 2.05) is 6.07 Å². The fourth-order valence-corrected chi connectivity index (χ4v) is 3.27. The van der Waals surface area contributed by atoms with Gasteiger partial charge in [-0.3, -0.25) is 14.5 Å². The highest BCUT2D eigenvalue weighted by Crippen LogP contribution is 2.19. The lowest BCUT2D eigenvalue weighted by Gasteiger charge is -2.35. The molecule has 138 valence electrons. The first-order valence-electron chi connectivity index (χ1n) is 9.07. The van der Waals surface area contributed by atoms with Crippen molar-refractivity contribution in [3.63, 3.8) is 0 Å². The van der Waals surface area contributed by atoms with Gasteiger partial charge in [0, 0.05) is 19.1 Å². The van der Waals surface area contributed by atoms with Crippen LogP contribution in [0.15, 0.2) is 53.3 Å². The summed E-state index contributed by atoms with van der Waals surface area (Å²) in [5.41, 5.74) is 1.71. The maximum Gasteiger partial charge on any atom is 0.254 e. The van der Waals surface area contributed by atoms with Crippen molar-refractivity contribution in [3.8, 4) is 0 Å². The van der Waals surface area contributed by atoms with Gasteiger partial charge in [0.1, 0.15) is 6.26 Å². The van der Waals surface area contributed by atoms with E-state index in [4.69, 9.17) is 4.42 Å². The number of benzene rings is 1. The molecule has 0 aliphatic carbocycles. The van der Waals surface area contributed by atoms with Crippen LogP contribution in [-0.4, -0.2) is 42.4 Å². The number of carbonyl (C=O) groups excluding carboxylic acids is 2. The molecular formula is C20H25N3O3. The van der Waals surface area contributed by atoms with E-state index in [9.17, 15) is 9.59 Å². The summed E-state index contributed by atoms with van der Waals surface area (Å²) in [6, 6.07) is 12.3. The fourth-order valence-electron chi connectivity index (χ4n) is 3.27. The van der Waals surface area contributed by atoms with Crippen molar-refractivity contribution >= 4 is 11.8 Å². The van der Waals surface area contributed by atoms with E-state index in [-0.39, 0.29) is 18.4 Å². The third kappa shape index (κ3) is 5.20. The van der Waals surface area contributed by atoms with Crippen LogP contribution < -0.4 is 10.6 Å². The maximum atomic E-state index is 12.1. The number of hydrogen-bond acceptors (Lipinski definition) is 4. The van der Waals surface area contributed by atoms with Crippen LogP contribution in [0.3, 0.4) is 0 Å². The lowest BCUT2D eigenvalue weighted by molar-refractivity contribution is -0.120. The Morgan fingerprint density at radius 2 is 1.96 bits per heavy atom. The molecule has 0 spiro atoms. The van der Waals surface area contributed by atoms with Gasteiger partial charge in [-0.25, -0.2) is 0 Å². The van der Waals surface area contributed by atoms with Gasteiger partial charge in [0.15, 0.2) is 0 Å². The highest BCUT2D eigenvalue weighted by molar-refractivity contribution is 5.96. The van der Waals surface area contributed by atoms with E-state index >= 15 is 0 Å². The van der Waals surface area contributed by atoms with Crippen LogP contribution in [-0.2, 0) is 11.3 Å². The van der Waals surface area contributed by atoms with Crippen molar-refractivity contribution in [1.82, 2.24) is 15.5 Å². The van der Waals surface area contributed by atoms with Crippen molar-refractivity contribution in [2.75, 3.05) is 19.6 Å². The van der Waals surface area contributed by atoms with Crippen molar-refractivity contribution in [2.24, 2.45) is 0 Å². The molecule has 1 fully saturated rings. The minimum absolute atomic E-state index is 0.0323. The Bertz CT molecular complexity index is 700. The Morgan fingerprint density at radius 3 is 2.73 bits per heavy atom. The summed E-state index contributed by atoms with van der Waals surface area (Å²) in [6.45, 7) is 2.52. The minimum atomic E-state index is -0.308. The first kappa shape index (κ1) is 18.2. The predicted octanol–water partition coefficient (Wildman–Crippen LogP) is 2.18. The molecule has 26 heavy (non-hydrogen) atoms. The molecule has 2 N–H and O–H groups in total. The lowest BCUT2D eigenvalue weighted by atomic mass is 10.0. The summed E-state index contributed by atoms with van der Waals surface area (Å²) in [7, 11) is 0. The molecule has 1 atom stereocenters. The van der Waals surface area contributed by atoms with E-state index in [1.54, 1.807) is 6.07 Å². The third-order valence-electron chi connectivity index (χ3n) is 4.71. The molecule has 1 aromatic heterocycles. The van der Waals surface area contributed by atoms with Crippen LogP contribution in [0.5, 0.6) is 0 Å². The van der Waals surface area contributed by atoms with E-state index < -0.39 is 0 Å². The third-order valence-corrected chi connectivity index (χ3v) is 4.71. The highest BCUT2D eigenvalue weighted by Gasteiger charge is 2.23. The van der Waals surface area contributed by atoms with Crippen LogP contribution in [0.2, 0.25) is 0 Å².